The van der Waals surface area contributed by atoms with E-state index in [1.807, 2.05) is 48.5 Å². The molecule has 3 heteroatoms. The van der Waals surface area contributed by atoms with Crippen molar-refractivity contribution in [1.29, 1.82) is 0 Å². The van der Waals surface area contributed by atoms with Gasteiger partial charge >= 0.3 is 0 Å². The number of hydrogen-bond donors (Lipinski definition) is 1. The Balaban J connectivity index is 1.94. The number of benzene rings is 2. The summed E-state index contributed by atoms with van der Waals surface area (Å²) in [6.07, 6.45) is 3.32. The molecule has 0 unspecified atom stereocenters. The summed E-state index contributed by atoms with van der Waals surface area (Å²) in [5.41, 5.74) is 2.51. The molecule has 21 heavy (non-hydrogen) atoms. The van der Waals surface area contributed by atoms with Gasteiger partial charge in [0.2, 0.25) is 0 Å². The minimum Gasteiger partial charge on any atom is -0.346 e. The number of nitrogens with one attached hydrogen (secondary N) is 1. The first kappa shape index (κ1) is 13.5. The summed E-state index contributed by atoms with van der Waals surface area (Å²) in [7, 11) is 0. The lowest BCUT2D eigenvalue weighted by Gasteiger charge is -2.01. The van der Waals surface area contributed by atoms with Crippen LogP contribution in [0.3, 0.4) is 0 Å². The van der Waals surface area contributed by atoms with Crippen molar-refractivity contribution in [3.05, 3.63) is 82.5 Å². The minimum absolute atomic E-state index is 0.0295. The average Bonchev–Trinajstić information content (AvgIpc) is 2.53. The van der Waals surface area contributed by atoms with Crippen molar-refractivity contribution in [2.24, 2.45) is 0 Å². The normalized spacial score (nSPS) is 11.0. The molecule has 0 amide bonds. The summed E-state index contributed by atoms with van der Waals surface area (Å²) in [5, 5.41) is 1.07. The van der Waals surface area contributed by atoms with E-state index in [-0.39, 0.29) is 5.78 Å². The molecule has 0 bridgehead atoms. The fourth-order valence-electron chi connectivity index (χ4n) is 2.15. The maximum Gasteiger partial charge on any atom is 0.185 e. The van der Waals surface area contributed by atoms with Gasteiger partial charge in [-0.1, -0.05) is 60.7 Å². The van der Waals surface area contributed by atoms with Gasteiger partial charge in [-0.15, -0.1) is 0 Å². The van der Waals surface area contributed by atoms with Crippen LogP contribution in [-0.4, -0.2) is 10.8 Å². The van der Waals surface area contributed by atoms with Gasteiger partial charge in [0.25, 0.3) is 0 Å². The molecule has 1 heterocycles. The molecule has 102 valence electrons. The van der Waals surface area contributed by atoms with Gasteiger partial charge in [0, 0.05) is 16.6 Å². The number of para-hydroxylation sites is 1. The second kappa shape index (κ2) is 5.85. The number of aromatic amines is 1. The number of pyridine rings is 1. The van der Waals surface area contributed by atoms with Gasteiger partial charge in [-0.2, -0.15) is 0 Å². The molecule has 0 fully saturated rings. The van der Waals surface area contributed by atoms with Gasteiger partial charge in [-0.05, 0) is 29.7 Å². The second-order valence-corrected chi connectivity index (χ2v) is 5.11. The Kier molecular flexibility index (Phi) is 3.75. The Labute approximate surface area is 127 Å². The van der Waals surface area contributed by atoms with E-state index < -0.39 is 0 Å². The van der Waals surface area contributed by atoms with E-state index in [0.717, 1.165) is 16.5 Å². The number of carbonyl (C=O) groups excluding carboxylic acids is 1. The first-order valence-corrected chi connectivity index (χ1v) is 7.04. The third-order valence-electron chi connectivity index (χ3n) is 3.25. The molecule has 0 saturated carbocycles. The van der Waals surface area contributed by atoms with E-state index >= 15 is 0 Å². The zero-order chi connectivity index (χ0) is 14.7. The van der Waals surface area contributed by atoms with Crippen LogP contribution in [0.2, 0.25) is 0 Å². The van der Waals surface area contributed by atoms with Crippen LogP contribution < -0.4 is 0 Å². The number of carbonyl (C=O) groups is 1. The van der Waals surface area contributed by atoms with Gasteiger partial charge in [-0.25, -0.2) is 0 Å². The SMILES string of the molecule is O=C(/C=C/c1cc2ccccc2[nH]c1=S)c1ccccc1. The van der Waals surface area contributed by atoms with Gasteiger partial charge in [0.05, 0.1) is 0 Å². The maximum atomic E-state index is 12.1. The van der Waals surface area contributed by atoms with Gasteiger partial charge in [-0.3, -0.25) is 4.79 Å². The summed E-state index contributed by atoms with van der Waals surface area (Å²) in [4.78, 5) is 15.2. The molecule has 0 saturated heterocycles. The number of H-pyrrole nitrogens is 1. The lowest BCUT2D eigenvalue weighted by atomic mass is 10.1. The monoisotopic (exact) mass is 291 g/mol. The van der Waals surface area contributed by atoms with Crippen LogP contribution in [0.4, 0.5) is 0 Å². The standard InChI is InChI=1S/C18H13NOS/c20-17(13-6-2-1-3-7-13)11-10-15-12-14-8-4-5-9-16(14)19-18(15)21/h1-12H,(H,19,21)/b11-10+. The molecule has 0 atom stereocenters. The molecular weight excluding hydrogens is 278 g/mol. The number of ketones is 1. The third-order valence-corrected chi connectivity index (χ3v) is 3.59. The van der Waals surface area contributed by atoms with Crippen molar-refractivity contribution in [2.45, 2.75) is 0 Å². The quantitative estimate of drug-likeness (QED) is 0.427. The Hall–Kier alpha value is -2.52. The van der Waals surface area contributed by atoms with Crippen LogP contribution >= 0.6 is 12.2 Å². The summed E-state index contributed by atoms with van der Waals surface area (Å²) in [5.74, 6) is -0.0295. The van der Waals surface area contributed by atoms with E-state index in [1.54, 1.807) is 24.3 Å². The summed E-state index contributed by atoms with van der Waals surface area (Å²) in [6, 6.07) is 19.1. The van der Waals surface area contributed by atoms with E-state index in [0.29, 0.717) is 10.2 Å². The Morgan fingerprint density at radius 3 is 2.52 bits per heavy atom. The second-order valence-electron chi connectivity index (χ2n) is 4.70. The molecule has 0 radical (unpaired) electrons. The van der Waals surface area contributed by atoms with Crippen LogP contribution in [0, 0.1) is 4.64 Å². The molecular formula is C18H13NOS. The highest BCUT2D eigenvalue weighted by molar-refractivity contribution is 7.71. The highest BCUT2D eigenvalue weighted by Crippen LogP contribution is 2.15. The Morgan fingerprint density at radius 2 is 1.71 bits per heavy atom. The highest BCUT2D eigenvalue weighted by Gasteiger charge is 2.01. The zero-order valence-corrected chi connectivity index (χ0v) is 12.1. The van der Waals surface area contributed by atoms with Gasteiger partial charge in [0.15, 0.2) is 5.78 Å². The van der Waals surface area contributed by atoms with E-state index in [9.17, 15) is 4.79 Å². The lowest BCUT2D eigenvalue weighted by molar-refractivity contribution is 0.104. The molecule has 1 N–H and O–H groups in total. The number of fused-ring (bicyclic) bond motifs is 1. The number of rotatable bonds is 3. The average molecular weight is 291 g/mol. The third kappa shape index (κ3) is 2.98. The van der Waals surface area contributed by atoms with E-state index in [2.05, 4.69) is 4.98 Å². The maximum absolute atomic E-state index is 12.1. The van der Waals surface area contributed by atoms with Crippen molar-refractivity contribution >= 4 is 35.0 Å². The topological polar surface area (TPSA) is 32.9 Å². The smallest absolute Gasteiger partial charge is 0.185 e. The Morgan fingerprint density at radius 1 is 1.00 bits per heavy atom. The van der Waals surface area contributed by atoms with Crippen LogP contribution in [0.5, 0.6) is 0 Å². The van der Waals surface area contributed by atoms with Crippen LogP contribution in [0.1, 0.15) is 15.9 Å². The fraction of sp³-hybridized carbons (Fsp3) is 0. The minimum atomic E-state index is -0.0295. The van der Waals surface area contributed by atoms with Crippen LogP contribution in [0.15, 0.2) is 66.7 Å². The molecule has 3 rings (SSSR count). The van der Waals surface area contributed by atoms with Crippen LogP contribution in [-0.2, 0) is 0 Å². The number of aromatic nitrogens is 1. The van der Waals surface area contributed by atoms with E-state index in [4.69, 9.17) is 12.2 Å². The first-order chi connectivity index (χ1) is 10.2. The van der Waals surface area contributed by atoms with Crippen molar-refractivity contribution in [3.8, 4) is 0 Å². The predicted octanol–water partition coefficient (Wildman–Crippen LogP) is 4.79. The molecule has 2 nitrogen and oxygen atoms in total. The number of hydrogen-bond acceptors (Lipinski definition) is 2. The number of allylic oxidation sites excluding steroid dienone is 1. The van der Waals surface area contributed by atoms with Gasteiger partial charge < -0.3 is 4.98 Å². The summed E-state index contributed by atoms with van der Waals surface area (Å²) >= 11 is 5.33. The van der Waals surface area contributed by atoms with Crippen molar-refractivity contribution in [1.82, 2.24) is 4.98 Å². The zero-order valence-electron chi connectivity index (χ0n) is 11.2. The molecule has 3 aromatic rings. The largest absolute Gasteiger partial charge is 0.346 e. The fourth-order valence-corrected chi connectivity index (χ4v) is 2.39. The highest BCUT2D eigenvalue weighted by atomic mass is 32.1. The summed E-state index contributed by atoms with van der Waals surface area (Å²) in [6.45, 7) is 0. The predicted molar refractivity (Wildman–Crippen MR) is 88.9 cm³/mol. The lowest BCUT2D eigenvalue weighted by Crippen LogP contribution is -1.93. The molecule has 2 aromatic carbocycles. The molecule has 0 aliphatic rings. The van der Waals surface area contributed by atoms with Gasteiger partial charge in [0.1, 0.15) is 4.64 Å². The Bertz CT molecular complexity index is 878. The van der Waals surface area contributed by atoms with Crippen molar-refractivity contribution in [3.63, 3.8) is 0 Å². The molecule has 1 aromatic heterocycles. The first-order valence-electron chi connectivity index (χ1n) is 6.63. The van der Waals surface area contributed by atoms with Crippen molar-refractivity contribution in [2.75, 3.05) is 0 Å². The summed E-state index contributed by atoms with van der Waals surface area (Å²) < 4.78 is 0.630. The molecule has 0 aliphatic heterocycles. The van der Waals surface area contributed by atoms with E-state index in [1.165, 1.54) is 0 Å². The van der Waals surface area contributed by atoms with Crippen molar-refractivity contribution < 1.29 is 4.79 Å². The molecule has 0 spiro atoms. The molecule has 0 aliphatic carbocycles. The van der Waals surface area contributed by atoms with Crippen LogP contribution in [0.25, 0.3) is 17.0 Å².